The quantitative estimate of drug-likeness (QED) is 0.533. The maximum atomic E-state index is 6.56. The first-order chi connectivity index (χ1) is 12.0. The van der Waals surface area contributed by atoms with Crippen molar-refractivity contribution < 1.29 is 14.2 Å². The van der Waals surface area contributed by atoms with E-state index in [2.05, 4.69) is 59.7 Å². The summed E-state index contributed by atoms with van der Waals surface area (Å²) in [6.45, 7) is 13.0. The molecule has 4 rings (SSSR count). The van der Waals surface area contributed by atoms with Crippen molar-refractivity contribution in [2.45, 2.75) is 65.0 Å². The molecule has 2 aromatic rings. The van der Waals surface area contributed by atoms with Crippen molar-refractivity contribution >= 4 is 11.6 Å². The van der Waals surface area contributed by atoms with Gasteiger partial charge in [0.1, 0.15) is 5.75 Å². The molecule has 2 aliphatic rings. The zero-order valence-electron chi connectivity index (χ0n) is 16.1. The van der Waals surface area contributed by atoms with E-state index in [1.807, 2.05) is 12.1 Å². The Bertz CT molecular complexity index is 874. The van der Waals surface area contributed by atoms with Crippen LogP contribution in [0.4, 0.5) is 0 Å². The van der Waals surface area contributed by atoms with Gasteiger partial charge in [0.05, 0.1) is 16.1 Å². The third kappa shape index (κ3) is 2.87. The summed E-state index contributed by atoms with van der Waals surface area (Å²) in [6.07, 6.45) is -1.01. The zero-order chi connectivity index (χ0) is 18.9. The van der Waals surface area contributed by atoms with E-state index >= 15 is 0 Å². The standard InChI is InChI=1S/C22H25ClO3/c1-21(2,3)12-7-8-17-14(9-12)19-25-18-15(20(24-17)26-19)10-13(11-16(18)23)22(4,5)6/h7-11,19-20H,1-6H3. The SMILES string of the molecule is CC(C)(C)c1ccc2c(c1)C1Oc3c(Cl)cc(C(C)(C)C)cc3C(O2)O1. The van der Waals surface area contributed by atoms with Gasteiger partial charge in [-0.3, -0.25) is 4.74 Å². The Balaban J connectivity index is 1.78. The van der Waals surface area contributed by atoms with Gasteiger partial charge in [0.2, 0.25) is 12.6 Å². The highest BCUT2D eigenvalue weighted by Gasteiger charge is 2.40. The molecule has 26 heavy (non-hydrogen) atoms. The van der Waals surface area contributed by atoms with Crippen molar-refractivity contribution in [1.29, 1.82) is 0 Å². The summed E-state index contributed by atoms with van der Waals surface area (Å²) in [5.74, 6) is 1.47. The summed E-state index contributed by atoms with van der Waals surface area (Å²) < 4.78 is 18.4. The van der Waals surface area contributed by atoms with Gasteiger partial charge in [0.25, 0.3) is 0 Å². The van der Waals surface area contributed by atoms with Crippen LogP contribution in [0.25, 0.3) is 0 Å². The van der Waals surface area contributed by atoms with Crippen LogP contribution in [0.5, 0.6) is 11.5 Å². The van der Waals surface area contributed by atoms with E-state index in [0.717, 1.165) is 22.4 Å². The smallest absolute Gasteiger partial charge is 0.234 e. The van der Waals surface area contributed by atoms with Gasteiger partial charge in [-0.05, 0) is 46.2 Å². The number of hydrogen-bond donors (Lipinski definition) is 0. The Hall–Kier alpha value is -1.71. The van der Waals surface area contributed by atoms with E-state index in [1.165, 1.54) is 5.56 Å². The van der Waals surface area contributed by atoms with Crippen molar-refractivity contribution in [2.75, 3.05) is 0 Å². The zero-order valence-corrected chi connectivity index (χ0v) is 16.9. The topological polar surface area (TPSA) is 27.7 Å². The lowest BCUT2D eigenvalue weighted by molar-refractivity contribution is -0.227. The highest BCUT2D eigenvalue weighted by atomic mass is 35.5. The fourth-order valence-electron chi connectivity index (χ4n) is 3.32. The van der Waals surface area contributed by atoms with E-state index < -0.39 is 12.6 Å². The van der Waals surface area contributed by atoms with Crippen molar-refractivity contribution in [3.63, 3.8) is 0 Å². The van der Waals surface area contributed by atoms with E-state index in [0.29, 0.717) is 10.8 Å². The molecule has 138 valence electrons. The predicted octanol–water partition coefficient (Wildman–Crippen LogP) is 6.43. The van der Waals surface area contributed by atoms with Crippen LogP contribution in [0.2, 0.25) is 5.02 Å². The summed E-state index contributed by atoms with van der Waals surface area (Å²) in [7, 11) is 0. The van der Waals surface area contributed by atoms with Gasteiger partial charge in [-0.15, -0.1) is 0 Å². The lowest BCUT2D eigenvalue weighted by atomic mass is 9.85. The van der Waals surface area contributed by atoms with E-state index in [1.54, 1.807) is 0 Å². The summed E-state index contributed by atoms with van der Waals surface area (Å²) in [5.41, 5.74) is 4.12. The molecule has 2 unspecified atom stereocenters. The lowest BCUT2D eigenvalue weighted by Crippen LogP contribution is -2.31. The van der Waals surface area contributed by atoms with E-state index in [-0.39, 0.29) is 10.8 Å². The molecular weight excluding hydrogens is 348 g/mol. The van der Waals surface area contributed by atoms with Gasteiger partial charge < -0.3 is 9.47 Å². The Labute approximate surface area is 160 Å². The normalized spacial score (nSPS) is 21.3. The Morgan fingerprint density at radius 2 is 1.38 bits per heavy atom. The van der Waals surface area contributed by atoms with Gasteiger partial charge >= 0.3 is 0 Å². The molecule has 2 atom stereocenters. The molecule has 0 spiro atoms. The first-order valence-corrected chi connectivity index (χ1v) is 9.39. The molecule has 0 N–H and O–H groups in total. The van der Waals surface area contributed by atoms with Crippen LogP contribution in [0.3, 0.4) is 0 Å². The first kappa shape index (κ1) is 17.7. The monoisotopic (exact) mass is 372 g/mol. The van der Waals surface area contributed by atoms with Gasteiger partial charge in [-0.1, -0.05) is 59.2 Å². The van der Waals surface area contributed by atoms with Gasteiger partial charge in [0, 0.05) is 0 Å². The molecule has 2 aliphatic heterocycles. The number of ether oxygens (including phenoxy) is 3. The fraction of sp³-hybridized carbons (Fsp3) is 0.455. The van der Waals surface area contributed by atoms with Crippen molar-refractivity contribution in [1.82, 2.24) is 0 Å². The third-order valence-corrected chi connectivity index (χ3v) is 5.31. The van der Waals surface area contributed by atoms with E-state index in [9.17, 15) is 0 Å². The molecule has 0 aromatic heterocycles. The number of halogens is 1. The van der Waals surface area contributed by atoms with Crippen molar-refractivity contribution in [3.8, 4) is 11.5 Å². The van der Waals surface area contributed by atoms with Crippen LogP contribution in [-0.4, -0.2) is 0 Å². The Morgan fingerprint density at radius 1 is 0.769 bits per heavy atom. The van der Waals surface area contributed by atoms with Crippen LogP contribution < -0.4 is 9.47 Å². The number of fused-ring (bicyclic) bond motifs is 6. The first-order valence-electron chi connectivity index (χ1n) is 9.01. The second-order valence-electron chi connectivity index (χ2n) is 9.16. The Morgan fingerprint density at radius 3 is 2.04 bits per heavy atom. The van der Waals surface area contributed by atoms with Crippen LogP contribution >= 0.6 is 11.6 Å². The minimum Gasteiger partial charge on any atom is -0.460 e. The molecule has 0 radical (unpaired) electrons. The lowest BCUT2D eigenvalue weighted by Gasteiger charge is -2.39. The molecular formula is C22H25ClO3. The third-order valence-electron chi connectivity index (χ3n) is 5.03. The second-order valence-corrected chi connectivity index (χ2v) is 9.57. The maximum absolute atomic E-state index is 6.56. The molecule has 2 aromatic carbocycles. The molecule has 2 bridgehead atoms. The van der Waals surface area contributed by atoms with Crippen molar-refractivity contribution in [2.24, 2.45) is 0 Å². The molecule has 4 heteroatoms. The van der Waals surface area contributed by atoms with Gasteiger partial charge in [0.15, 0.2) is 5.75 Å². The average molecular weight is 373 g/mol. The minimum atomic E-state index is -0.503. The van der Waals surface area contributed by atoms with Gasteiger partial charge in [-0.25, -0.2) is 0 Å². The van der Waals surface area contributed by atoms with Crippen LogP contribution in [0.1, 0.15) is 76.4 Å². The van der Waals surface area contributed by atoms with Crippen LogP contribution in [0.15, 0.2) is 30.3 Å². The van der Waals surface area contributed by atoms with E-state index in [4.69, 9.17) is 25.8 Å². The van der Waals surface area contributed by atoms with Crippen LogP contribution in [0, 0.1) is 0 Å². The van der Waals surface area contributed by atoms with Crippen LogP contribution in [-0.2, 0) is 15.6 Å². The Kier molecular flexibility index (Phi) is 3.84. The molecule has 2 heterocycles. The molecule has 0 saturated heterocycles. The molecule has 3 nitrogen and oxygen atoms in total. The summed E-state index contributed by atoms with van der Waals surface area (Å²) in [6, 6.07) is 10.3. The van der Waals surface area contributed by atoms with Crippen molar-refractivity contribution in [3.05, 3.63) is 57.6 Å². The summed E-state index contributed by atoms with van der Waals surface area (Å²) in [4.78, 5) is 0. The maximum Gasteiger partial charge on any atom is 0.234 e. The largest absolute Gasteiger partial charge is 0.460 e. The second kappa shape index (κ2) is 5.64. The highest BCUT2D eigenvalue weighted by Crippen LogP contribution is 2.51. The fourth-order valence-corrected chi connectivity index (χ4v) is 3.59. The average Bonchev–Trinajstić information content (AvgIpc) is 2.53. The minimum absolute atomic E-state index is 0.0241. The summed E-state index contributed by atoms with van der Waals surface area (Å²) in [5, 5.41) is 0.602. The highest BCUT2D eigenvalue weighted by molar-refractivity contribution is 6.32. The van der Waals surface area contributed by atoms with Gasteiger partial charge in [-0.2, -0.15) is 0 Å². The number of rotatable bonds is 0. The molecule has 0 aliphatic carbocycles. The molecule has 0 saturated carbocycles. The number of benzene rings is 2. The number of hydrogen-bond acceptors (Lipinski definition) is 3. The predicted molar refractivity (Wildman–Crippen MR) is 103 cm³/mol. The molecule has 0 fully saturated rings. The molecule has 0 amide bonds. The summed E-state index contributed by atoms with van der Waals surface area (Å²) >= 11 is 6.56.